The molecule has 6 nitrogen and oxygen atoms in total. The number of hydrogen-bond donors (Lipinski definition) is 0. The molecule has 0 radical (unpaired) electrons. The van der Waals surface area contributed by atoms with E-state index < -0.39 is 257 Å². The summed E-state index contributed by atoms with van der Waals surface area (Å²) in [4.78, 5) is 13.5. The number of fused-ring (bicyclic) bond motifs is 10. The molecule has 51 heavy (non-hydrogen) atoms. The van der Waals surface area contributed by atoms with Crippen LogP contribution in [-0.2, 0) is 0 Å². The molecule has 0 aliphatic heterocycles. The van der Waals surface area contributed by atoms with Crippen molar-refractivity contribution in [2.75, 3.05) is 0 Å². The zero-order valence-electron chi connectivity index (χ0n) is 51.1. The molecule has 0 saturated carbocycles. The molecular weight excluding hydrogens is 629 g/mol. The fourth-order valence-electron chi connectivity index (χ4n) is 5.98. The normalized spacial score (nSPS) is 19.1. The molecule has 0 saturated heterocycles. The topological polar surface area (TPSA) is 69.9 Å². The minimum absolute atomic E-state index is 0.370. The lowest BCUT2D eigenvalue weighted by molar-refractivity contribution is 0.668. The third kappa shape index (κ3) is 4.20. The van der Waals surface area contributed by atoms with Crippen LogP contribution in [0.1, 0.15) is 35.6 Å². The molecule has 7 aromatic carbocycles. The Hall–Kier alpha value is -7.05. The van der Waals surface area contributed by atoms with Crippen LogP contribution in [0.25, 0.3) is 106 Å². The number of para-hydroxylation sites is 2. The Kier molecular flexibility index (Phi) is 2.67. The Labute approximate surface area is 327 Å². The molecular formula is C45H26N4O2. The summed E-state index contributed by atoms with van der Waals surface area (Å²) in [5.41, 5.74) is -6.07. The van der Waals surface area contributed by atoms with Crippen molar-refractivity contribution in [3.8, 4) is 39.9 Å². The standard InChI is InChI=1S/C45H26N4O2/c1-3-12-27(13-4-1)30-18-11-21-37-40(30)34-23-22-29(26-39(34)51-37)44-46-43(28-14-5-2-6-15-28)47-45(48-44)49-35-19-9-7-16-31(35)32-24-25-38-41(42(32)49)33-17-8-10-20-36(33)50-38/h1-26H/i1D,2D,3D,4D,5D,6D,7D,8D,9D,10D,11D,12D,13D,14D,15D,16D,17D,18D,19D,20D,21D,22D,23D,24D,25D,26D. The molecule has 0 amide bonds. The van der Waals surface area contributed by atoms with Crippen LogP contribution in [0.5, 0.6) is 0 Å². The van der Waals surface area contributed by atoms with E-state index in [9.17, 15) is 6.85 Å². The smallest absolute Gasteiger partial charge is 0.238 e. The van der Waals surface area contributed by atoms with Crippen LogP contribution in [0.2, 0.25) is 0 Å². The molecule has 0 fully saturated rings. The monoisotopic (exact) mass is 680 g/mol. The van der Waals surface area contributed by atoms with Crippen LogP contribution in [0.3, 0.4) is 0 Å². The van der Waals surface area contributed by atoms with E-state index in [1.807, 2.05) is 0 Å². The molecule has 0 aliphatic carbocycles. The maximum absolute atomic E-state index is 9.66. The summed E-state index contributed by atoms with van der Waals surface area (Å²) < 4.78 is 243. The maximum atomic E-state index is 9.66. The Morgan fingerprint density at radius 1 is 0.431 bits per heavy atom. The van der Waals surface area contributed by atoms with Gasteiger partial charge in [0.15, 0.2) is 11.6 Å². The summed E-state index contributed by atoms with van der Waals surface area (Å²) in [6.07, 6.45) is 0. The molecule has 0 spiro atoms. The SMILES string of the molecule is [2H]c1c([2H])c([2H])c(-c2nc(-c3c([2H])c([2H])c4c(oc5c([2H])c([2H])c([2H])c(-c6c([2H])c([2H])c([2H])c([2H])c6[2H])c54)c3[2H])nc(-n3c4c([2H])c([2H])c([2H])c([2H])c4c4c([2H])c([2H])c5oc6c([2H])c([2H])c([2H])c([2H])c6c5c43)n2)c([2H])c1[2H]. The molecule has 0 unspecified atom stereocenters. The van der Waals surface area contributed by atoms with Gasteiger partial charge in [0.25, 0.3) is 0 Å². The van der Waals surface area contributed by atoms with Crippen molar-refractivity contribution in [1.82, 2.24) is 19.5 Å². The highest BCUT2D eigenvalue weighted by Crippen LogP contribution is 2.41. The lowest BCUT2D eigenvalue weighted by Crippen LogP contribution is -2.06. The fourth-order valence-corrected chi connectivity index (χ4v) is 5.98. The fraction of sp³-hybridized carbons (Fsp3) is 0. The lowest BCUT2D eigenvalue weighted by atomic mass is 9.99. The van der Waals surface area contributed by atoms with Crippen molar-refractivity contribution in [3.05, 3.63) is 157 Å². The molecule has 238 valence electrons. The van der Waals surface area contributed by atoms with Gasteiger partial charge in [0.05, 0.1) is 52.1 Å². The van der Waals surface area contributed by atoms with Crippen LogP contribution in [-0.4, -0.2) is 19.5 Å². The average Bonchev–Trinajstić information content (AvgIpc) is 4.21. The summed E-state index contributed by atoms with van der Waals surface area (Å²) in [6.45, 7) is 0. The van der Waals surface area contributed by atoms with E-state index in [-0.39, 0.29) is 5.39 Å². The first-order valence-electron chi connectivity index (χ1n) is 27.8. The summed E-state index contributed by atoms with van der Waals surface area (Å²) in [5.74, 6) is -2.52. The predicted octanol–water partition coefficient (Wildman–Crippen LogP) is 11.8. The summed E-state index contributed by atoms with van der Waals surface area (Å²) in [6, 6.07) is -21.8. The zero-order valence-corrected chi connectivity index (χ0v) is 25.1. The van der Waals surface area contributed by atoms with Crippen LogP contribution < -0.4 is 0 Å². The van der Waals surface area contributed by atoms with Crippen molar-refractivity contribution in [2.24, 2.45) is 0 Å². The Bertz CT molecular complexity index is 4600. The highest BCUT2D eigenvalue weighted by Gasteiger charge is 2.22. The molecule has 0 atom stereocenters. The van der Waals surface area contributed by atoms with Gasteiger partial charge in [-0.15, -0.1) is 0 Å². The number of aromatic nitrogens is 4. The van der Waals surface area contributed by atoms with Gasteiger partial charge in [0, 0.05) is 38.1 Å². The van der Waals surface area contributed by atoms with Gasteiger partial charge in [-0.25, -0.2) is 4.98 Å². The second kappa shape index (κ2) is 10.7. The van der Waals surface area contributed by atoms with Crippen molar-refractivity contribution in [2.45, 2.75) is 0 Å². The second-order valence-corrected chi connectivity index (χ2v) is 10.8. The Morgan fingerprint density at radius 3 is 1.90 bits per heavy atom. The van der Waals surface area contributed by atoms with Gasteiger partial charge in [-0.1, -0.05) is 115 Å². The summed E-state index contributed by atoms with van der Waals surface area (Å²) in [7, 11) is 0. The number of hydrogen-bond acceptors (Lipinski definition) is 5. The molecule has 11 aromatic rings. The molecule has 0 bridgehead atoms. The molecule has 0 aliphatic rings. The highest BCUT2D eigenvalue weighted by atomic mass is 16.3. The van der Waals surface area contributed by atoms with E-state index in [1.54, 1.807) is 0 Å². The number of nitrogens with zero attached hydrogens (tertiary/aromatic N) is 4. The van der Waals surface area contributed by atoms with Gasteiger partial charge in [0.1, 0.15) is 22.3 Å². The van der Waals surface area contributed by atoms with E-state index in [0.29, 0.717) is 0 Å². The van der Waals surface area contributed by atoms with Gasteiger partial charge in [-0.3, -0.25) is 4.57 Å². The Balaban J connectivity index is 1.36. The molecule has 0 N–H and O–H groups in total. The zero-order chi connectivity index (χ0) is 56.1. The van der Waals surface area contributed by atoms with Crippen molar-refractivity contribution in [1.29, 1.82) is 0 Å². The summed E-state index contributed by atoms with van der Waals surface area (Å²) in [5, 5.41) is -2.65. The average molecular weight is 681 g/mol. The van der Waals surface area contributed by atoms with Gasteiger partial charge in [-0.05, 0) is 53.4 Å². The quantitative estimate of drug-likeness (QED) is 0.185. The number of benzene rings is 7. The number of furan rings is 2. The second-order valence-electron chi connectivity index (χ2n) is 10.8. The minimum Gasteiger partial charge on any atom is -0.456 e. The van der Waals surface area contributed by atoms with Crippen molar-refractivity contribution in [3.63, 3.8) is 0 Å². The molecule has 4 aromatic heterocycles. The van der Waals surface area contributed by atoms with E-state index >= 15 is 0 Å². The Morgan fingerprint density at radius 2 is 1.06 bits per heavy atom. The van der Waals surface area contributed by atoms with Crippen LogP contribution in [0, 0.1) is 0 Å². The minimum atomic E-state index is -0.968. The van der Waals surface area contributed by atoms with E-state index in [4.69, 9.17) is 37.6 Å². The largest absolute Gasteiger partial charge is 0.456 e. The first kappa shape index (κ1) is 12.7. The van der Waals surface area contributed by atoms with E-state index in [0.717, 1.165) is 4.57 Å². The number of rotatable bonds is 4. The van der Waals surface area contributed by atoms with Gasteiger partial charge in [-0.2, -0.15) is 9.97 Å². The predicted molar refractivity (Wildman–Crippen MR) is 205 cm³/mol. The van der Waals surface area contributed by atoms with Gasteiger partial charge in [0.2, 0.25) is 5.95 Å². The molecule has 11 rings (SSSR count). The summed E-state index contributed by atoms with van der Waals surface area (Å²) >= 11 is 0. The lowest BCUT2D eigenvalue weighted by Gasteiger charge is -2.11. The van der Waals surface area contributed by atoms with Crippen LogP contribution in [0.4, 0.5) is 0 Å². The molecule has 4 heterocycles. The first-order chi connectivity index (χ1) is 36.1. The van der Waals surface area contributed by atoms with Gasteiger partial charge >= 0.3 is 0 Å². The first-order valence-corrected chi connectivity index (χ1v) is 14.8. The van der Waals surface area contributed by atoms with Crippen molar-refractivity contribution >= 4 is 65.7 Å². The highest BCUT2D eigenvalue weighted by molar-refractivity contribution is 6.24. The molecule has 6 heteroatoms. The van der Waals surface area contributed by atoms with Crippen molar-refractivity contribution < 1.29 is 44.5 Å². The maximum Gasteiger partial charge on any atom is 0.238 e. The van der Waals surface area contributed by atoms with Crippen LogP contribution in [0.15, 0.2) is 166 Å². The third-order valence-corrected chi connectivity index (χ3v) is 8.07. The van der Waals surface area contributed by atoms with Gasteiger partial charge < -0.3 is 8.83 Å². The van der Waals surface area contributed by atoms with Crippen LogP contribution >= 0.6 is 0 Å². The van der Waals surface area contributed by atoms with E-state index in [2.05, 4.69) is 15.0 Å². The van der Waals surface area contributed by atoms with E-state index in [1.165, 1.54) is 0 Å². The third-order valence-electron chi connectivity index (χ3n) is 8.07.